The summed E-state index contributed by atoms with van der Waals surface area (Å²) in [5.41, 5.74) is -0.304. The standard InChI is InChI=1S/C11H17N3O5S.ClH/c1-12-6-3-7-13-20(17,18)11-8-9(14(15)16)4-5-10(11)19-2;/h4-5,8,12-13H,3,6-7H2,1-2H3;1H. The van der Waals surface area contributed by atoms with E-state index in [1.807, 2.05) is 0 Å². The van der Waals surface area contributed by atoms with Crippen molar-refractivity contribution in [3.05, 3.63) is 28.3 Å². The Morgan fingerprint density at radius 1 is 1.33 bits per heavy atom. The minimum atomic E-state index is -3.85. The monoisotopic (exact) mass is 339 g/mol. The highest BCUT2D eigenvalue weighted by molar-refractivity contribution is 7.89. The van der Waals surface area contributed by atoms with Gasteiger partial charge in [-0.3, -0.25) is 10.1 Å². The van der Waals surface area contributed by atoms with Gasteiger partial charge < -0.3 is 10.1 Å². The maximum Gasteiger partial charge on any atom is 0.271 e. The number of benzene rings is 1. The van der Waals surface area contributed by atoms with Crippen molar-refractivity contribution in [2.45, 2.75) is 11.3 Å². The van der Waals surface area contributed by atoms with Crippen LogP contribution in [-0.4, -0.2) is 40.6 Å². The summed E-state index contributed by atoms with van der Waals surface area (Å²) in [5.74, 6) is 0.0664. The molecule has 0 saturated heterocycles. The van der Waals surface area contributed by atoms with Crippen LogP contribution < -0.4 is 14.8 Å². The van der Waals surface area contributed by atoms with Crippen molar-refractivity contribution in [1.82, 2.24) is 10.0 Å². The highest BCUT2D eigenvalue weighted by Crippen LogP contribution is 2.27. The topological polar surface area (TPSA) is 111 Å². The molecule has 10 heteroatoms. The number of non-ortho nitro benzene ring substituents is 1. The summed E-state index contributed by atoms with van der Waals surface area (Å²) in [6.07, 6.45) is 0.604. The maximum atomic E-state index is 12.1. The summed E-state index contributed by atoms with van der Waals surface area (Å²) in [6.45, 7) is 0.892. The highest BCUT2D eigenvalue weighted by Gasteiger charge is 2.22. The number of nitrogens with one attached hydrogen (secondary N) is 2. The molecule has 0 fully saturated rings. The lowest BCUT2D eigenvalue weighted by atomic mass is 10.3. The molecule has 0 spiro atoms. The van der Waals surface area contributed by atoms with Crippen molar-refractivity contribution in [2.75, 3.05) is 27.2 Å². The van der Waals surface area contributed by atoms with Crippen LogP contribution >= 0.6 is 12.4 Å². The Labute approximate surface area is 129 Å². The van der Waals surface area contributed by atoms with E-state index in [2.05, 4.69) is 10.0 Å². The van der Waals surface area contributed by atoms with E-state index in [0.29, 0.717) is 13.0 Å². The Balaban J connectivity index is 0.00000400. The third-order valence-electron chi connectivity index (χ3n) is 2.54. The fourth-order valence-electron chi connectivity index (χ4n) is 1.54. The summed E-state index contributed by atoms with van der Waals surface area (Å²) < 4.78 is 31.6. The number of nitro benzene ring substituents is 1. The number of nitro groups is 1. The molecule has 0 amide bonds. The fourth-order valence-corrected chi connectivity index (χ4v) is 2.80. The predicted molar refractivity (Wildman–Crippen MR) is 80.6 cm³/mol. The van der Waals surface area contributed by atoms with E-state index in [4.69, 9.17) is 4.74 Å². The van der Waals surface area contributed by atoms with Crippen LogP contribution in [0.2, 0.25) is 0 Å². The zero-order chi connectivity index (χ0) is 15.2. The van der Waals surface area contributed by atoms with Gasteiger partial charge in [-0.2, -0.15) is 0 Å². The first-order chi connectivity index (χ1) is 9.42. The second-order valence-electron chi connectivity index (χ2n) is 3.95. The lowest BCUT2D eigenvalue weighted by Gasteiger charge is -2.10. The Hall–Kier alpha value is -1.42. The van der Waals surface area contributed by atoms with Crippen LogP contribution in [0.5, 0.6) is 5.75 Å². The number of rotatable bonds is 8. The quantitative estimate of drug-likeness (QED) is 0.414. The van der Waals surface area contributed by atoms with Gasteiger partial charge in [0.2, 0.25) is 10.0 Å². The minimum absolute atomic E-state index is 0. The van der Waals surface area contributed by atoms with Gasteiger partial charge in [-0.15, -0.1) is 12.4 Å². The zero-order valence-corrected chi connectivity index (χ0v) is 13.3. The highest BCUT2D eigenvalue weighted by atomic mass is 35.5. The van der Waals surface area contributed by atoms with E-state index in [0.717, 1.165) is 6.07 Å². The van der Waals surface area contributed by atoms with E-state index in [-0.39, 0.29) is 35.3 Å². The van der Waals surface area contributed by atoms with Gasteiger partial charge in [-0.25, -0.2) is 13.1 Å². The van der Waals surface area contributed by atoms with Crippen molar-refractivity contribution in [3.63, 3.8) is 0 Å². The molecule has 0 aromatic heterocycles. The van der Waals surface area contributed by atoms with Gasteiger partial charge in [0.15, 0.2) is 0 Å². The van der Waals surface area contributed by atoms with Gasteiger partial charge >= 0.3 is 0 Å². The molecule has 0 aliphatic heterocycles. The van der Waals surface area contributed by atoms with Crippen molar-refractivity contribution in [1.29, 1.82) is 0 Å². The second kappa shape index (κ2) is 8.78. The first kappa shape index (κ1) is 19.6. The van der Waals surface area contributed by atoms with E-state index >= 15 is 0 Å². The lowest BCUT2D eigenvalue weighted by Crippen LogP contribution is -2.27. The Kier molecular flexibility index (Phi) is 8.18. The van der Waals surface area contributed by atoms with Crippen molar-refractivity contribution < 1.29 is 18.1 Å². The molecular weight excluding hydrogens is 322 g/mol. The number of sulfonamides is 1. The summed E-state index contributed by atoms with van der Waals surface area (Å²) in [6, 6.07) is 3.44. The zero-order valence-electron chi connectivity index (χ0n) is 11.7. The molecule has 21 heavy (non-hydrogen) atoms. The van der Waals surface area contributed by atoms with Crippen LogP contribution in [0.15, 0.2) is 23.1 Å². The van der Waals surface area contributed by atoms with Gasteiger partial charge in [0, 0.05) is 18.7 Å². The molecule has 0 unspecified atom stereocenters. The molecule has 1 aromatic rings. The second-order valence-corrected chi connectivity index (χ2v) is 5.68. The molecule has 1 aromatic carbocycles. The van der Waals surface area contributed by atoms with Gasteiger partial charge in [-0.05, 0) is 26.1 Å². The summed E-state index contributed by atoms with van der Waals surface area (Å²) in [5, 5.41) is 13.6. The number of nitrogens with zero attached hydrogens (tertiary/aromatic N) is 1. The molecule has 0 heterocycles. The number of ether oxygens (including phenoxy) is 1. The van der Waals surface area contributed by atoms with Crippen LogP contribution in [0.25, 0.3) is 0 Å². The van der Waals surface area contributed by atoms with Crippen molar-refractivity contribution >= 4 is 28.1 Å². The molecule has 0 aliphatic carbocycles. The molecule has 0 atom stereocenters. The first-order valence-corrected chi connectivity index (χ1v) is 7.37. The molecule has 8 nitrogen and oxygen atoms in total. The Morgan fingerprint density at radius 3 is 2.52 bits per heavy atom. The number of methoxy groups -OCH3 is 1. The van der Waals surface area contributed by atoms with Gasteiger partial charge in [0.05, 0.1) is 12.0 Å². The summed E-state index contributed by atoms with van der Waals surface area (Å²) in [7, 11) is -0.778. The van der Waals surface area contributed by atoms with E-state index in [9.17, 15) is 18.5 Å². The molecular formula is C11H18ClN3O5S. The van der Waals surface area contributed by atoms with Crippen molar-refractivity contribution in [2.24, 2.45) is 0 Å². The van der Waals surface area contributed by atoms with Gasteiger partial charge in [0.25, 0.3) is 5.69 Å². The van der Waals surface area contributed by atoms with Crippen LogP contribution in [0, 0.1) is 10.1 Å². The average molecular weight is 340 g/mol. The number of hydrogen-bond donors (Lipinski definition) is 2. The van der Waals surface area contributed by atoms with Gasteiger partial charge in [-0.1, -0.05) is 0 Å². The molecule has 2 N–H and O–H groups in total. The van der Waals surface area contributed by atoms with Crippen LogP contribution in [0.3, 0.4) is 0 Å². The largest absolute Gasteiger partial charge is 0.495 e. The van der Waals surface area contributed by atoms with Gasteiger partial charge in [0.1, 0.15) is 10.6 Å². The normalized spacial score (nSPS) is 10.8. The van der Waals surface area contributed by atoms with Crippen molar-refractivity contribution in [3.8, 4) is 5.75 Å². The lowest BCUT2D eigenvalue weighted by molar-refractivity contribution is -0.385. The minimum Gasteiger partial charge on any atom is -0.495 e. The Bertz CT molecular complexity index is 579. The number of halogens is 1. The van der Waals surface area contributed by atoms with Crippen LogP contribution in [0.1, 0.15) is 6.42 Å². The van der Waals surface area contributed by atoms with Crippen LogP contribution in [0.4, 0.5) is 5.69 Å². The summed E-state index contributed by atoms with van der Waals surface area (Å²) >= 11 is 0. The third-order valence-corrected chi connectivity index (χ3v) is 4.03. The smallest absolute Gasteiger partial charge is 0.271 e. The SMILES string of the molecule is CNCCCNS(=O)(=O)c1cc([N+](=O)[O-])ccc1OC.Cl. The molecule has 0 aliphatic rings. The summed E-state index contributed by atoms with van der Waals surface area (Å²) in [4.78, 5) is 9.83. The molecule has 0 radical (unpaired) electrons. The molecule has 0 bridgehead atoms. The van der Waals surface area contributed by atoms with E-state index < -0.39 is 14.9 Å². The molecule has 120 valence electrons. The van der Waals surface area contributed by atoms with E-state index in [1.165, 1.54) is 19.2 Å². The molecule has 0 saturated carbocycles. The Morgan fingerprint density at radius 2 is 2.00 bits per heavy atom. The molecule has 1 rings (SSSR count). The third kappa shape index (κ3) is 5.46. The number of hydrogen-bond acceptors (Lipinski definition) is 6. The van der Waals surface area contributed by atoms with Crippen LogP contribution in [-0.2, 0) is 10.0 Å². The fraction of sp³-hybridized carbons (Fsp3) is 0.455. The predicted octanol–water partition coefficient (Wildman–Crippen LogP) is 0.913. The van der Waals surface area contributed by atoms with E-state index in [1.54, 1.807) is 7.05 Å². The first-order valence-electron chi connectivity index (χ1n) is 5.89. The average Bonchev–Trinajstić information content (AvgIpc) is 2.42. The maximum absolute atomic E-state index is 12.1.